The molecule has 9 atom stereocenters. The van der Waals surface area contributed by atoms with Gasteiger partial charge in [-0.25, -0.2) is 0 Å². The third-order valence-electron chi connectivity index (χ3n) is 15.2. The Kier molecular flexibility index (Phi) is 8.69. The highest BCUT2D eigenvalue weighted by Gasteiger charge is 2.70. The lowest BCUT2D eigenvalue weighted by Gasteiger charge is -2.72. The Morgan fingerprint density at radius 2 is 1.64 bits per heavy atom. The van der Waals surface area contributed by atoms with Crippen molar-refractivity contribution in [2.75, 3.05) is 6.54 Å². The molecule has 0 spiro atoms. The van der Waals surface area contributed by atoms with Crippen LogP contribution in [0.15, 0.2) is 35.4 Å². The molecule has 5 heteroatoms. The van der Waals surface area contributed by atoms with Gasteiger partial charge >= 0.3 is 5.97 Å². The van der Waals surface area contributed by atoms with E-state index in [0.29, 0.717) is 30.2 Å². The van der Waals surface area contributed by atoms with Crippen molar-refractivity contribution in [1.82, 2.24) is 5.32 Å². The minimum absolute atomic E-state index is 0.0125. The molecule has 0 amide bonds. The molecule has 4 saturated carbocycles. The first-order valence-electron chi connectivity index (χ1n) is 18.1. The first kappa shape index (κ1) is 33.5. The molecule has 4 fully saturated rings. The van der Waals surface area contributed by atoms with E-state index in [9.17, 15) is 9.90 Å². The quantitative estimate of drug-likeness (QED) is 0.231. The van der Waals surface area contributed by atoms with Gasteiger partial charge in [0.25, 0.3) is 0 Å². The van der Waals surface area contributed by atoms with Crippen LogP contribution in [-0.4, -0.2) is 29.8 Å². The molecule has 0 radical (unpaired) electrons. The van der Waals surface area contributed by atoms with Gasteiger partial charge in [0.1, 0.15) is 6.10 Å². The molecule has 1 aromatic rings. The van der Waals surface area contributed by atoms with Crippen molar-refractivity contribution in [1.29, 1.82) is 0 Å². The highest BCUT2D eigenvalue weighted by Crippen LogP contribution is 2.77. The molecule has 5 aliphatic rings. The molecule has 2 N–H and O–H groups in total. The number of fused-ring (bicyclic) bond motifs is 7. The van der Waals surface area contributed by atoms with E-state index in [-0.39, 0.29) is 45.3 Å². The third-order valence-corrected chi connectivity index (χ3v) is 15.4. The molecule has 0 aliphatic heterocycles. The number of ether oxygens (including phenoxy) is 1. The smallest absolute Gasteiger partial charge is 0.302 e. The van der Waals surface area contributed by atoms with Crippen LogP contribution in [-0.2, 0) is 16.1 Å². The topological polar surface area (TPSA) is 58.6 Å². The molecule has 1 aromatic carbocycles. The van der Waals surface area contributed by atoms with Crippen LogP contribution in [0.2, 0.25) is 5.02 Å². The number of carbonyl (C=O) groups excluding carboxylic acids is 1. The molecule has 250 valence electrons. The maximum Gasteiger partial charge on any atom is 0.302 e. The lowest BCUT2D eigenvalue weighted by atomic mass is 9.33. The molecular formula is C40H60ClNO3. The molecule has 45 heavy (non-hydrogen) atoms. The van der Waals surface area contributed by atoms with E-state index in [1.807, 2.05) is 12.1 Å². The summed E-state index contributed by atoms with van der Waals surface area (Å²) in [6.07, 6.45) is 11.3. The van der Waals surface area contributed by atoms with Gasteiger partial charge in [-0.2, -0.15) is 0 Å². The van der Waals surface area contributed by atoms with Crippen LogP contribution in [0.1, 0.15) is 125 Å². The zero-order valence-electron chi connectivity index (χ0n) is 29.4. The molecule has 1 unspecified atom stereocenters. The van der Waals surface area contributed by atoms with Crippen LogP contribution in [0, 0.1) is 50.7 Å². The minimum Gasteiger partial charge on any atom is -0.462 e. The van der Waals surface area contributed by atoms with Crippen LogP contribution in [0.25, 0.3) is 0 Å². The van der Waals surface area contributed by atoms with Gasteiger partial charge in [0.05, 0.1) is 6.10 Å². The Bertz CT molecular complexity index is 1320. The summed E-state index contributed by atoms with van der Waals surface area (Å²) in [5.74, 6) is 2.17. The van der Waals surface area contributed by atoms with E-state index < -0.39 is 0 Å². The molecule has 0 bridgehead atoms. The second-order valence-corrected chi connectivity index (χ2v) is 18.0. The summed E-state index contributed by atoms with van der Waals surface area (Å²) in [6, 6.07) is 8.03. The predicted molar refractivity (Wildman–Crippen MR) is 184 cm³/mol. The Morgan fingerprint density at radius 1 is 0.933 bits per heavy atom. The second kappa shape index (κ2) is 11.7. The van der Waals surface area contributed by atoms with Crippen LogP contribution in [0.5, 0.6) is 0 Å². The van der Waals surface area contributed by atoms with E-state index in [1.165, 1.54) is 37.7 Å². The molecule has 0 saturated heterocycles. The summed E-state index contributed by atoms with van der Waals surface area (Å²) in [5, 5.41) is 16.5. The summed E-state index contributed by atoms with van der Waals surface area (Å²) in [4.78, 5) is 12.0. The average Bonchev–Trinajstić information content (AvgIpc) is 3.37. The number of nitrogens with one attached hydrogen (secondary N) is 1. The summed E-state index contributed by atoms with van der Waals surface area (Å²) in [5.41, 5.74) is 5.16. The summed E-state index contributed by atoms with van der Waals surface area (Å²) in [7, 11) is 0. The second-order valence-electron chi connectivity index (χ2n) is 17.6. The van der Waals surface area contributed by atoms with Gasteiger partial charge in [0.2, 0.25) is 0 Å². The molecule has 5 aliphatic carbocycles. The number of hydrogen-bond acceptors (Lipinski definition) is 4. The summed E-state index contributed by atoms with van der Waals surface area (Å²) >= 11 is 6.11. The molecule has 0 heterocycles. The monoisotopic (exact) mass is 637 g/mol. The van der Waals surface area contributed by atoms with Gasteiger partial charge in [0.15, 0.2) is 0 Å². The van der Waals surface area contributed by atoms with Gasteiger partial charge in [-0.05, 0) is 122 Å². The standard InChI is InChI=1S/C40H60ClNO3/c1-25(2)29-15-20-40(33(44)24-42-23-27-9-11-28(41)12-10-27)22-21-38(7)30(35(29)40)13-14-32-37(6)18-17-34(45-26(3)43)36(4,5)31(37)16-19-39(32,38)8/h9-12,25,30-34,42,44H,13-24H2,1-8H3/t30-,31+,32-,33?,34+,37+,38-,39-,40-/m1/s1. The largest absolute Gasteiger partial charge is 0.462 e. The van der Waals surface area contributed by atoms with Gasteiger partial charge in [-0.15, -0.1) is 0 Å². The minimum atomic E-state index is -0.378. The number of aliphatic hydroxyl groups excluding tert-OH is 1. The van der Waals surface area contributed by atoms with E-state index in [2.05, 4.69) is 65.9 Å². The van der Waals surface area contributed by atoms with Crippen LogP contribution >= 0.6 is 11.6 Å². The number of halogens is 1. The lowest BCUT2D eigenvalue weighted by molar-refractivity contribution is -0.234. The number of rotatable bonds is 7. The van der Waals surface area contributed by atoms with Crippen molar-refractivity contribution < 1.29 is 14.6 Å². The van der Waals surface area contributed by atoms with E-state index in [0.717, 1.165) is 43.7 Å². The lowest BCUT2D eigenvalue weighted by Crippen LogP contribution is -2.66. The number of benzene rings is 1. The van der Waals surface area contributed by atoms with Gasteiger partial charge in [0, 0.05) is 35.9 Å². The van der Waals surface area contributed by atoms with Crippen LogP contribution in [0.3, 0.4) is 0 Å². The zero-order valence-corrected chi connectivity index (χ0v) is 30.2. The fourth-order valence-electron chi connectivity index (χ4n) is 12.8. The number of allylic oxidation sites excluding steroid dienone is 1. The van der Waals surface area contributed by atoms with E-state index in [4.69, 9.17) is 16.3 Å². The number of carbonyl (C=O) groups is 1. The molecule has 4 nitrogen and oxygen atoms in total. The maximum atomic E-state index is 12.1. The Hall–Kier alpha value is -1.36. The average molecular weight is 638 g/mol. The van der Waals surface area contributed by atoms with Crippen LogP contribution in [0.4, 0.5) is 0 Å². The van der Waals surface area contributed by atoms with E-state index in [1.54, 1.807) is 18.1 Å². The fraction of sp³-hybridized carbons (Fsp3) is 0.775. The van der Waals surface area contributed by atoms with Gasteiger partial charge in [-0.3, -0.25) is 4.79 Å². The predicted octanol–water partition coefficient (Wildman–Crippen LogP) is 9.52. The van der Waals surface area contributed by atoms with Gasteiger partial charge < -0.3 is 15.2 Å². The first-order valence-corrected chi connectivity index (χ1v) is 18.5. The van der Waals surface area contributed by atoms with Crippen molar-refractivity contribution in [2.45, 2.75) is 138 Å². The van der Waals surface area contributed by atoms with Crippen LogP contribution < -0.4 is 5.32 Å². The SMILES string of the molecule is CC(=O)O[C@H]1CC[C@]2(C)[C@H]3CC[C@@H]4C5=C(C(C)C)CC[C@]5(C(O)CNCc5ccc(Cl)cc5)CC[C@@]4(C)[C@]3(C)CC[C@H]2C1(C)C. The Balaban J connectivity index is 1.28. The fourth-order valence-corrected chi connectivity index (χ4v) is 12.9. The highest BCUT2D eigenvalue weighted by atomic mass is 35.5. The highest BCUT2D eigenvalue weighted by molar-refractivity contribution is 6.30. The zero-order chi connectivity index (χ0) is 32.6. The van der Waals surface area contributed by atoms with Crippen molar-refractivity contribution in [3.05, 3.63) is 46.0 Å². The summed E-state index contributed by atoms with van der Waals surface area (Å²) < 4.78 is 5.96. The van der Waals surface area contributed by atoms with Crippen molar-refractivity contribution in [2.24, 2.45) is 50.7 Å². The maximum absolute atomic E-state index is 12.1. The molecular weight excluding hydrogens is 578 g/mol. The number of hydrogen-bond donors (Lipinski definition) is 2. The first-order chi connectivity index (χ1) is 21.1. The van der Waals surface area contributed by atoms with Crippen molar-refractivity contribution >= 4 is 17.6 Å². The number of aliphatic hydroxyl groups is 1. The number of esters is 1. The molecule has 6 rings (SSSR count). The van der Waals surface area contributed by atoms with Gasteiger partial charge in [-0.1, -0.05) is 83.3 Å². The Labute approximate surface area is 278 Å². The third kappa shape index (κ3) is 5.09. The van der Waals surface area contributed by atoms with Crippen molar-refractivity contribution in [3.8, 4) is 0 Å². The normalized spacial score (nSPS) is 41.1. The Morgan fingerprint density at radius 3 is 2.31 bits per heavy atom. The van der Waals surface area contributed by atoms with Crippen molar-refractivity contribution in [3.63, 3.8) is 0 Å². The molecule has 0 aromatic heterocycles. The van der Waals surface area contributed by atoms with E-state index >= 15 is 0 Å². The summed E-state index contributed by atoms with van der Waals surface area (Å²) in [6.45, 7) is 20.4.